The molecule has 90 valence electrons. The van der Waals surface area contributed by atoms with E-state index in [0.717, 1.165) is 0 Å². The lowest BCUT2D eigenvalue weighted by Gasteiger charge is -2.07. The van der Waals surface area contributed by atoms with Crippen LogP contribution in [-0.4, -0.2) is 22.8 Å². The molecule has 0 fully saturated rings. The van der Waals surface area contributed by atoms with Crippen LogP contribution in [0.4, 0.5) is 19.0 Å². The lowest BCUT2D eigenvalue weighted by Crippen LogP contribution is -2.10. The Morgan fingerprint density at radius 2 is 2.06 bits per heavy atom. The molecule has 4 nitrogen and oxygen atoms in total. The molecule has 0 aliphatic rings. The molecular weight excluding hydrogens is 291 g/mol. The van der Waals surface area contributed by atoms with Crippen molar-refractivity contribution in [1.29, 1.82) is 0 Å². The van der Waals surface area contributed by atoms with E-state index in [0.29, 0.717) is 4.60 Å². The number of ether oxygens (including phenoxy) is 1. The molecule has 1 heterocycles. The second-order valence-electron chi connectivity index (χ2n) is 2.97. The van der Waals surface area contributed by atoms with Crippen molar-refractivity contribution < 1.29 is 17.9 Å². The normalized spacial score (nSPS) is 11.5. The molecule has 0 bridgehead atoms. The molecule has 0 saturated carbocycles. The summed E-state index contributed by atoms with van der Waals surface area (Å²) in [6, 6.07) is 1.43. The van der Waals surface area contributed by atoms with Gasteiger partial charge in [0.15, 0.2) is 0 Å². The Bertz CT molecular complexity index is 339. The molecule has 0 aromatic carbocycles. The van der Waals surface area contributed by atoms with Crippen LogP contribution in [0.3, 0.4) is 0 Å². The average Bonchev–Trinajstić information content (AvgIpc) is 2.09. The lowest BCUT2D eigenvalue weighted by atomic mass is 10.3. The highest BCUT2D eigenvalue weighted by molar-refractivity contribution is 9.10. The van der Waals surface area contributed by atoms with Gasteiger partial charge in [-0.1, -0.05) is 0 Å². The zero-order valence-electron chi connectivity index (χ0n) is 8.09. The summed E-state index contributed by atoms with van der Waals surface area (Å²) in [5.74, 6) is 0.188. The number of nitrogens with zero attached hydrogens (tertiary/aromatic N) is 2. The summed E-state index contributed by atoms with van der Waals surface area (Å²) >= 11 is 3.06. The van der Waals surface area contributed by atoms with Gasteiger partial charge in [0.25, 0.3) is 0 Å². The van der Waals surface area contributed by atoms with Crippen molar-refractivity contribution in [1.82, 2.24) is 9.97 Å². The third-order valence-corrected chi connectivity index (χ3v) is 1.94. The highest BCUT2D eigenvalue weighted by Gasteiger charge is 2.26. The number of hydrogen-bond acceptors (Lipinski definition) is 4. The Balaban J connectivity index is 2.37. The average molecular weight is 300 g/mol. The Morgan fingerprint density at radius 1 is 1.38 bits per heavy atom. The summed E-state index contributed by atoms with van der Waals surface area (Å²) in [4.78, 5) is 7.49. The van der Waals surface area contributed by atoms with E-state index in [9.17, 15) is 13.2 Å². The smallest absolute Gasteiger partial charge is 0.389 e. The molecule has 0 atom stereocenters. The number of nitrogens with two attached hydrogens (primary N) is 1. The van der Waals surface area contributed by atoms with Gasteiger partial charge in [-0.3, -0.25) is 0 Å². The Labute approximate surface area is 98.1 Å². The van der Waals surface area contributed by atoms with E-state index in [1.165, 1.54) is 6.07 Å². The van der Waals surface area contributed by atoms with Gasteiger partial charge in [0.2, 0.25) is 0 Å². The van der Waals surface area contributed by atoms with Gasteiger partial charge in [0, 0.05) is 12.5 Å². The minimum atomic E-state index is -4.17. The van der Waals surface area contributed by atoms with Crippen molar-refractivity contribution >= 4 is 21.7 Å². The first-order valence-corrected chi connectivity index (χ1v) is 5.16. The quantitative estimate of drug-likeness (QED) is 0.685. The molecule has 0 amide bonds. The molecule has 0 saturated heterocycles. The third kappa shape index (κ3) is 5.15. The summed E-state index contributed by atoms with van der Waals surface area (Å²) in [5.41, 5.74) is 5.39. The standard InChI is InChI=1S/C8H9BrF3N3O/c9-5-4-6(13)15-7(14-5)16-3-1-2-8(10,11)12/h4H,1-3H2,(H2,13,14,15). The number of anilines is 1. The fraction of sp³-hybridized carbons (Fsp3) is 0.500. The topological polar surface area (TPSA) is 61.0 Å². The maximum Gasteiger partial charge on any atom is 0.389 e. The van der Waals surface area contributed by atoms with Gasteiger partial charge in [-0.2, -0.15) is 23.1 Å². The van der Waals surface area contributed by atoms with Crippen molar-refractivity contribution in [2.24, 2.45) is 0 Å². The monoisotopic (exact) mass is 299 g/mol. The van der Waals surface area contributed by atoms with Crippen molar-refractivity contribution in [3.8, 4) is 6.01 Å². The van der Waals surface area contributed by atoms with Crippen molar-refractivity contribution in [3.63, 3.8) is 0 Å². The van der Waals surface area contributed by atoms with E-state index in [2.05, 4.69) is 25.9 Å². The molecule has 2 N–H and O–H groups in total. The first-order valence-electron chi connectivity index (χ1n) is 4.36. The maximum absolute atomic E-state index is 11.8. The van der Waals surface area contributed by atoms with Crippen LogP contribution in [0, 0.1) is 0 Å². The number of aromatic nitrogens is 2. The minimum Gasteiger partial charge on any atom is -0.463 e. The van der Waals surface area contributed by atoms with Crippen LogP contribution in [0.15, 0.2) is 10.7 Å². The second kappa shape index (κ2) is 5.33. The second-order valence-corrected chi connectivity index (χ2v) is 3.78. The Kier molecular flexibility index (Phi) is 4.34. The molecule has 0 aliphatic carbocycles. The fourth-order valence-corrected chi connectivity index (χ4v) is 1.30. The number of halogens is 4. The molecule has 0 unspecified atom stereocenters. The molecule has 1 aromatic rings. The van der Waals surface area contributed by atoms with E-state index in [4.69, 9.17) is 10.5 Å². The number of rotatable bonds is 4. The zero-order chi connectivity index (χ0) is 12.2. The van der Waals surface area contributed by atoms with Crippen LogP contribution in [0.1, 0.15) is 12.8 Å². The van der Waals surface area contributed by atoms with Gasteiger partial charge >= 0.3 is 12.2 Å². The van der Waals surface area contributed by atoms with E-state index in [1.54, 1.807) is 0 Å². The Hall–Kier alpha value is -1.05. The summed E-state index contributed by atoms with van der Waals surface area (Å²) < 4.78 is 40.7. The molecule has 0 radical (unpaired) electrons. The zero-order valence-corrected chi connectivity index (χ0v) is 9.68. The predicted molar refractivity (Wildman–Crippen MR) is 54.9 cm³/mol. The van der Waals surface area contributed by atoms with Crippen LogP contribution in [-0.2, 0) is 0 Å². The molecule has 8 heteroatoms. The highest BCUT2D eigenvalue weighted by atomic mass is 79.9. The summed E-state index contributed by atoms with van der Waals surface area (Å²) in [6.45, 7) is -0.102. The summed E-state index contributed by atoms with van der Waals surface area (Å²) in [6.07, 6.45) is -5.20. The number of alkyl halides is 3. The van der Waals surface area contributed by atoms with Gasteiger partial charge in [-0.15, -0.1) is 0 Å². The molecule has 16 heavy (non-hydrogen) atoms. The molecule has 1 aromatic heterocycles. The van der Waals surface area contributed by atoms with Crippen LogP contribution < -0.4 is 10.5 Å². The van der Waals surface area contributed by atoms with Gasteiger partial charge < -0.3 is 10.5 Å². The molecule has 0 spiro atoms. The van der Waals surface area contributed by atoms with Crippen molar-refractivity contribution in [2.75, 3.05) is 12.3 Å². The van der Waals surface area contributed by atoms with Gasteiger partial charge in [-0.25, -0.2) is 0 Å². The van der Waals surface area contributed by atoms with Gasteiger partial charge in [0.05, 0.1) is 6.61 Å². The fourth-order valence-electron chi connectivity index (χ4n) is 0.914. The summed E-state index contributed by atoms with van der Waals surface area (Å²) in [7, 11) is 0. The Morgan fingerprint density at radius 3 is 2.62 bits per heavy atom. The molecule has 0 aliphatic heterocycles. The van der Waals surface area contributed by atoms with E-state index in [1.807, 2.05) is 0 Å². The number of nitrogen functional groups attached to an aromatic ring is 1. The van der Waals surface area contributed by atoms with Crippen molar-refractivity contribution in [2.45, 2.75) is 19.0 Å². The summed E-state index contributed by atoms with van der Waals surface area (Å²) in [5, 5.41) is 0. The first-order chi connectivity index (χ1) is 7.37. The highest BCUT2D eigenvalue weighted by Crippen LogP contribution is 2.21. The van der Waals surface area contributed by atoms with Crippen molar-refractivity contribution in [3.05, 3.63) is 10.7 Å². The van der Waals surface area contributed by atoms with Crippen LogP contribution >= 0.6 is 15.9 Å². The SMILES string of the molecule is Nc1cc(Br)nc(OCCCC(F)(F)F)n1. The molecule has 1 rings (SSSR count). The lowest BCUT2D eigenvalue weighted by molar-refractivity contribution is -0.136. The van der Waals surface area contributed by atoms with Crippen LogP contribution in [0.5, 0.6) is 6.01 Å². The van der Waals surface area contributed by atoms with Crippen LogP contribution in [0.2, 0.25) is 0 Å². The van der Waals surface area contributed by atoms with Gasteiger partial charge in [-0.05, 0) is 22.4 Å². The largest absolute Gasteiger partial charge is 0.463 e. The minimum absolute atomic E-state index is 0.0333. The first kappa shape index (κ1) is 13.0. The van der Waals surface area contributed by atoms with E-state index in [-0.39, 0.29) is 24.9 Å². The third-order valence-electron chi connectivity index (χ3n) is 1.53. The maximum atomic E-state index is 11.8. The predicted octanol–water partition coefficient (Wildman–Crippen LogP) is 2.54. The number of hydrogen-bond donors (Lipinski definition) is 1. The van der Waals surface area contributed by atoms with Gasteiger partial charge in [0.1, 0.15) is 10.4 Å². The van der Waals surface area contributed by atoms with E-state index < -0.39 is 12.6 Å². The van der Waals surface area contributed by atoms with E-state index >= 15 is 0 Å². The van der Waals surface area contributed by atoms with Crippen LogP contribution in [0.25, 0.3) is 0 Å². The molecular formula is C8H9BrF3N3O.